The van der Waals surface area contributed by atoms with E-state index in [1.54, 1.807) is 0 Å². The number of benzene rings is 1. The highest BCUT2D eigenvalue weighted by Crippen LogP contribution is 2.11. The summed E-state index contributed by atoms with van der Waals surface area (Å²) in [5.41, 5.74) is 2.90. The molecule has 0 radical (unpaired) electrons. The SMILES string of the molecule is CCOCCOCc1ccc(C#N)cc1C. The van der Waals surface area contributed by atoms with Gasteiger partial charge in [0.05, 0.1) is 31.5 Å². The summed E-state index contributed by atoms with van der Waals surface area (Å²) in [7, 11) is 0. The number of nitriles is 1. The Morgan fingerprint density at radius 3 is 2.62 bits per heavy atom. The van der Waals surface area contributed by atoms with Crippen molar-refractivity contribution in [3.63, 3.8) is 0 Å². The first-order chi connectivity index (χ1) is 7.77. The Bertz CT molecular complexity index is 369. The van der Waals surface area contributed by atoms with Crippen molar-refractivity contribution in [3.05, 3.63) is 34.9 Å². The van der Waals surface area contributed by atoms with Gasteiger partial charge < -0.3 is 9.47 Å². The maximum Gasteiger partial charge on any atom is 0.0991 e. The minimum atomic E-state index is 0.574. The van der Waals surface area contributed by atoms with Crippen LogP contribution in [0.25, 0.3) is 0 Å². The van der Waals surface area contributed by atoms with Crippen molar-refractivity contribution < 1.29 is 9.47 Å². The average molecular weight is 219 g/mol. The summed E-state index contributed by atoms with van der Waals surface area (Å²) >= 11 is 0. The van der Waals surface area contributed by atoms with E-state index in [4.69, 9.17) is 14.7 Å². The van der Waals surface area contributed by atoms with E-state index in [0.29, 0.717) is 25.4 Å². The Kier molecular flexibility index (Phi) is 5.55. The molecule has 0 unspecified atom stereocenters. The first kappa shape index (κ1) is 12.7. The van der Waals surface area contributed by atoms with Crippen molar-refractivity contribution in [1.29, 1.82) is 5.26 Å². The molecule has 0 aliphatic rings. The molecule has 0 aromatic heterocycles. The third-order valence-electron chi connectivity index (χ3n) is 2.31. The fourth-order valence-corrected chi connectivity index (χ4v) is 1.37. The van der Waals surface area contributed by atoms with E-state index in [0.717, 1.165) is 17.7 Å². The smallest absolute Gasteiger partial charge is 0.0991 e. The highest BCUT2D eigenvalue weighted by Gasteiger charge is 2.00. The normalized spacial score (nSPS) is 10.1. The van der Waals surface area contributed by atoms with Gasteiger partial charge in [-0.05, 0) is 37.1 Å². The molecule has 0 heterocycles. The summed E-state index contributed by atoms with van der Waals surface area (Å²) in [6.07, 6.45) is 0. The number of hydrogen-bond donors (Lipinski definition) is 0. The number of rotatable bonds is 6. The molecule has 86 valence electrons. The predicted molar refractivity (Wildman–Crippen MR) is 62.0 cm³/mol. The minimum absolute atomic E-state index is 0.574. The van der Waals surface area contributed by atoms with E-state index in [1.165, 1.54) is 0 Å². The zero-order valence-electron chi connectivity index (χ0n) is 9.82. The first-order valence-corrected chi connectivity index (χ1v) is 5.43. The second-order valence-electron chi connectivity index (χ2n) is 3.50. The molecule has 0 spiro atoms. The Labute approximate surface area is 96.6 Å². The maximum absolute atomic E-state index is 8.73. The van der Waals surface area contributed by atoms with Gasteiger partial charge in [0.2, 0.25) is 0 Å². The predicted octanol–water partition coefficient (Wildman–Crippen LogP) is 2.42. The highest BCUT2D eigenvalue weighted by molar-refractivity contribution is 5.37. The largest absolute Gasteiger partial charge is 0.379 e. The minimum Gasteiger partial charge on any atom is -0.379 e. The molecule has 3 nitrogen and oxygen atoms in total. The van der Waals surface area contributed by atoms with Gasteiger partial charge >= 0.3 is 0 Å². The Balaban J connectivity index is 2.40. The number of aryl methyl sites for hydroxylation is 1. The summed E-state index contributed by atoms with van der Waals surface area (Å²) in [5, 5.41) is 8.73. The lowest BCUT2D eigenvalue weighted by Gasteiger charge is -2.07. The molecule has 16 heavy (non-hydrogen) atoms. The van der Waals surface area contributed by atoms with Crippen LogP contribution in [0.15, 0.2) is 18.2 Å². The molecule has 3 heteroatoms. The van der Waals surface area contributed by atoms with E-state index in [-0.39, 0.29) is 0 Å². The molecular formula is C13H17NO2. The third-order valence-corrected chi connectivity index (χ3v) is 2.31. The molecule has 0 bridgehead atoms. The number of hydrogen-bond acceptors (Lipinski definition) is 3. The van der Waals surface area contributed by atoms with Gasteiger partial charge in [-0.2, -0.15) is 5.26 Å². The fourth-order valence-electron chi connectivity index (χ4n) is 1.37. The highest BCUT2D eigenvalue weighted by atomic mass is 16.5. The summed E-state index contributed by atoms with van der Waals surface area (Å²) in [4.78, 5) is 0. The van der Waals surface area contributed by atoms with Gasteiger partial charge in [-0.3, -0.25) is 0 Å². The average Bonchev–Trinajstić information content (AvgIpc) is 2.30. The lowest BCUT2D eigenvalue weighted by atomic mass is 10.1. The standard InChI is InChI=1S/C13H17NO2/c1-3-15-6-7-16-10-13-5-4-12(9-14)8-11(13)2/h4-5,8H,3,6-7,10H2,1-2H3. The molecule has 1 aromatic carbocycles. The van der Waals surface area contributed by atoms with Crippen LogP contribution in [0.5, 0.6) is 0 Å². The third kappa shape index (κ3) is 4.01. The van der Waals surface area contributed by atoms with Crippen LogP contribution in [-0.2, 0) is 16.1 Å². The van der Waals surface area contributed by atoms with Crippen molar-refractivity contribution in [3.8, 4) is 6.07 Å². The molecule has 1 aromatic rings. The zero-order chi connectivity index (χ0) is 11.8. The van der Waals surface area contributed by atoms with Gasteiger partial charge in [0.15, 0.2) is 0 Å². The molecular weight excluding hydrogens is 202 g/mol. The van der Waals surface area contributed by atoms with E-state index >= 15 is 0 Å². The summed E-state index contributed by atoms with van der Waals surface area (Å²) in [6, 6.07) is 7.75. The van der Waals surface area contributed by atoms with Crippen LogP contribution in [0.1, 0.15) is 23.6 Å². The van der Waals surface area contributed by atoms with E-state index in [9.17, 15) is 0 Å². The quantitative estimate of drug-likeness (QED) is 0.690. The van der Waals surface area contributed by atoms with Crippen LogP contribution in [0.4, 0.5) is 0 Å². The second kappa shape index (κ2) is 7.00. The van der Waals surface area contributed by atoms with Crippen molar-refractivity contribution in [2.24, 2.45) is 0 Å². The molecule has 0 aliphatic heterocycles. The maximum atomic E-state index is 8.73. The van der Waals surface area contributed by atoms with Crippen molar-refractivity contribution in [2.45, 2.75) is 20.5 Å². The van der Waals surface area contributed by atoms with E-state index < -0.39 is 0 Å². The van der Waals surface area contributed by atoms with Gasteiger partial charge in [-0.25, -0.2) is 0 Å². The van der Waals surface area contributed by atoms with Crippen LogP contribution in [0.3, 0.4) is 0 Å². The lowest BCUT2D eigenvalue weighted by Crippen LogP contribution is -2.04. The number of ether oxygens (including phenoxy) is 2. The van der Waals surface area contributed by atoms with Gasteiger partial charge in [-0.15, -0.1) is 0 Å². The molecule has 0 amide bonds. The topological polar surface area (TPSA) is 42.2 Å². The Hall–Kier alpha value is -1.37. The van der Waals surface area contributed by atoms with Crippen LogP contribution in [-0.4, -0.2) is 19.8 Å². The van der Waals surface area contributed by atoms with Gasteiger partial charge in [0, 0.05) is 6.61 Å². The summed E-state index contributed by atoms with van der Waals surface area (Å²) in [6.45, 7) is 6.48. The van der Waals surface area contributed by atoms with Crippen LogP contribution < -0.4 is 0 Å². The van der Waals surface area contributed by atoms with E-state index in [1.807, 2.05) is 32.0 Å². The molecule has 0 N–H and O–H groups in total. The molecule has 0 atom stereocenters. The van der Waals surface area contributed by atoms with Crippen molar-refractivity contribution >= 4 is 0 Å². The van der Waals surface area contributed by atoms with Gasteiger partial charge in [0.1, 0.15) is 0 Å². The first-order valence-electron chi connectivity index (χ1n) is 5.43. The van der Waals surface area contributed by atoms with E-state index in [2.05, 4.69) is 6.07 Å². The van der Waals surface area contributed by atoms with Crippen molar-refractivity contribution in [2.75, 3.05) is 19.8 Å². The monoisotopic (exact) mass is 219 g/mol. The molecule has 0 saturated heterocycles. The Morgan fingerprint density at radius 1 is 1.25 bits per heavy atom. The van der Waals surface area contributed by atoms with Gasteiger partial charge in [-0.1, -0.05) is 6.07 Å². The summed E-state index contributed by atoms with van der Waals surface area (Å²) < 4.78 is 10.6. The molecule has 0 saturated carbocycles. The van der Waals surface area contributed by atoms with Crippen molar-refractivity contribution in [1.82, 2.24) is 0 Å². The molecule has 1 rings (SSSR count). The van der Waals surface area contributed by atoms with Crippen LogP contribution in [0.2, 0.25) is 0 Å². The second-order valence-corrected chi connectivity index (χ2v) is 3.50. The van der Waals surface area contributed by atoms with Gasteiger partial charge in [0.25, 0.3) is 0 Å². The van der Waals surface area contributed by atoms with Crippen LogP contribution in [0, 0.1) is 18.3 Å². The number of nitrogens with zero attached hydrogens (tertiary/aromatic N) is 1. The molecule has 0 fully saturated rings. The van der Waals surface area contributed by atoms with Crippen LogP contribution >= 0.6 is 0 Å². The molecule has 0 aliphatic carbocycles. The summed E-state index contributed by atoms with van der Waals surface area (Å²) in [5.74, 6) is 0. The zero-order valence-corrected chi connectivity index (χ0v) is 9.82. The Morgan fingerprint density at radius 2 is 2.00 bits per heavy atom. The lowest BCUT2D eigenvalue weighted by molar-refractivity contribution is 0.0451. The fraction of sp³-hybridized carbons (Fsp3) is 0.462.